The SMILES string of the molecule is O=C(O)c1c2ccccc2nn1Cc1ccc(C(F)(F)F)cc1. The Hall–Kier alpha value is -2.83. The first-order chi connectivity index (χ1) is 10.9. The third-order valence-corrected chi connectivity index (χ3v) is 3.46. The van der Waals surface area contributed by atoms with Gasteiger partial charge in [0.25, 0.3) is 0 Å². The molecule has 0 aliphatic heterocycles. The summed E-state index contributed by atoms with van der Waals surface area (Å²) in [4.78, 5) is 11.5. The predicted molar refractivity (Wildman–Crippen MR) is 77.2 cm³/mol. The maximum atomic E-state index is 12.6. The molecule has 0 spiro atoms. The summed E-state index contributed by atoms with van der Waals surface area (Å²) >= 11 is 0. The van der Waals surface area contributed by atoms with Crippen LogP contribution in [0.3, 0.4) is 0 Å². The predicted octanol–water partition coefficient (Wildman–Crippen LogP) is 3.80. The topological polar surface area (TPSA) is 55.1 Å². The smallest absolute Gasteiger partial charge is 0.416 e. The van der Waals surface area contributed by atoms with E-state index in [-0.39, 0.29) is 12.2 Å². The summed E-state index contributed by atoms with van der Waals surface area (Å²) in [7, 11) is 0. The van der Waals surface area contributed by atoms with Crippen LogP contribution in [0, 0.1) is 0 Å². The number of carbonyl (C=O) groups is 1. The number of hydrogen-bond acceptors (Lipinski definition) is 2. The summed E-state index contributed by atoms with van der Waals surface area (Å²) in [6, 6.07) is 11.4. The lowest BCUT2D eigenvalue weighted by Gasteiger charge is -2.08. The van der Waals surface area contributed by atoms with E-state index in [0.717, 1.165) is 12.1 Å². The summed E-state index contributed by atoms with van der Waals surface area (Å²) in [5.74, 6) is -1.13. The molecule has 1 heterocycles. The second kappa shape index (κ2) is 5.42. The molecule has 0 fully saturated rings. The number of aromatic nitrogens is 2. The van der Waals surface area contributed by atoms with E-state index in [9.17, 15) is 23.1 Å². The average molecular weight is 320 g/mol. The van der Waals surface area contributed by atoms with Crippen LogP contribution in [0.2, 0.25) is 0 Å². The molecule has 3 aromatic rings. The lowest BCUT2D eigenvalue weighted by Crippen LogP contribution is -2.11. The van der Waals surface area contributed by atoms with Crippen molar-refractivity contribution in [3.63, 3.8) is 0 Å². The number of carboxylic acids is 1. The summed E-state index contributed by atoms with van der Waals surface area (Å²) in [5, 5.41) is 14.1. The van der Waals surface area contributed by atoms with Crippen LogP contribution in [-0.2, 0) is 12.7 Å². The lowest BCUT2D eigenvalue weighted by molar-refractivity contribution is -0.137. The van der Waals surface area contributed by atoms with Gasteiger partial charge in [0.2, 0.25) is 0 Å². The van der Waals surface area contributed by atoms with Crippen LogP contribution in [0.15, 0.2) is 48.5 Å². The molecule has 0 aliphatic rings. The van der Waals surface area contributed by atoms with Crippen LogP contribution in [0.1, 0.15) is 21.6 Å². The van der Waals surface area contributed by atoms with E-state index in [0.29, 0.717) is 16.5 Å². The van der Waals surface area contributed by atoms with Crippen LogP contribution in [-0.4, -0.2) is 20.9 Å². The third kappa shape index (κ3) is 2.90. The van der Waals surface area contributed by atoms with E-state index < -0.39 is 17.7 Å². The molecule has 0 saturated heterocycles. The quantitative estimate of drug-likeness (QED) is 0.798. The number of hydrogen-bond donors (Lipinski definition) is 1. The highest BCUT2D eigenvalue weighted by Gasteiger charge is 2.30. The number of aromatic carboxylic acids is 1. The molecule has 0 amide bonds. The van der Waals surface area contributed by atoms with E-state index in [1.165, 1.54) is 16.8 Å². The van der Waals surface area contributed by atoms with Crippen molar-refractivity contribution in [2.45, 2.75) is 12.7 Å². The van der Waals surface area contributed by atoms with E-state index in [2.05, 4.69) is 5.10 Å². The zero-order chi connectivity index (χ0) is 16.6. The Bertz CT molecular complexity index is 867. The lowest BCUT2D eigenvalue weighted by atomic mass is 10.1. The second-order valence-electron chi connectivity index (χ2n) is 5.02. The van der Waals surface area contributed by atoms with Gasteiger partial charge in [-0.15, -0.1) is 0 Å². The molecular weight excluding hydrogens is 309 g/mol. The highest BCUT2D eigenvalue weighted by atomic mass is 19.4. The largest absolute Gasteiger partial charge is 0.477 e. The van der Waals surface area contributed by atoms with Crippen molar-refractivity contribution in [2.24, 2.45) is 0 Å². The number of alkyl halides is 3. The van der Waals surface area contributed by atoms with Crippen LogP contribution < -0.4 is 0 Å². The first-order valence-corrected chi connectivity index (χ1v) is 6.71. The number of benzene rings is 2. The number of carboxylic acid groups (broad SMARTS) is 1. The minimum absolute atomic E-state index is 0.0143. The van der Waals surface area contributed by atoms with Gasteiger partial charge in [-0.05, 0) is 23.8 Å². The maximum Gasteiger partial charge on any atom is 0.416 e. The fourth-order valence-corrected chi connectivity index (χ4v) is 2.39. The Balaban J connectivity index is 1.98. The molecule has 7 heteroatoms. The Kier molecular flexibility index (Phi) is 3.55. The molecule has 0 radical (unpaired) electrons. The highest BCUT2D eigenvalue weighted by Crippen LogP contribution is 2.29. The van der Waals surface area contributed by atoms with Gasteiger partial charge >= 0.3 is 12.1 Å². The molecule has 0 atom stereocenters. The molecule has 0 bridgehead atoms. The molecule has 0 unspecified atom stereocenters. The average Bonchev–Trinajstić information content (AvgIpc) is 2.84. The Morgan fingerprint density at radius 1 is 1.09 bits per heavy atom. The van der Waals surface area contributed by atoms with Crippen molar-refractivity contribution in [3.05, 3.63) is 65.4 Å². The van der Waals surface area contributed by atoms with E-state index >= 15 is 0 Å². The van der Waals surface area contributed by atoms with Crippen LogP contribution in [0.25, 0.3) is 10.9 Å². The summed E-state index contributed by atoms with van der Waals surface area (Å²) in [6.45, 7) is 0.0778. The van der Waals surface area contributed by atoms with Gasteiger partial charge < -0.3 is 5.11 Å². The van der Waals surface area contributed by atoms with E-state index in [1.807, 2.05) is 0 Å². The minimum Gasteiger partial charge on any atom is -0.477 e. The van der Waals surface area contributed by atoms with Gasteiger partial charge in [0.15, 0.2) is 5.69 Å². The first kappa shape index (κ1) is 15.1. The number of halogens is 3. The second-order valence-corrected chi connectivity index (χ2v) is 5.02. The summed E-state index contributed by atoms with van der Waals surface area (Å²) < 4.78 is 39.0. The highest BCUT2D eigenvalue weighted by molar-refractivity contribution is 6.01. The van der Waals surface area contributed by atoms with Crippen molar-refractivity contribution in [3.8, 4) is 0 Å². The van der Waals surface area contributed by atoms with E-state index in [4.69, 9.17) is 0 Å². The fourth-order valence-electron chi connectivity index (χ4n) is 2.39. The standard InChI is InChI=1S/C16H11F3N2O2/c17-16(18,19)11-7-5-10(6-8-11)9-21-14(15(22)23)12-3-1-2-4-13(12)20-21/h1-8H,9H2,(H,22,23). The molecular formula is C16H11F3N2O2. The molecule has 1 aromatic heterocycles. The van der Waals surface area contributed by atoms with E-state index in [1.54, 1.807) is 24.3 Å². The molecule has 3 rings (SSSR count). The molecule has 0 saturated carbocycles. The Morgan fingerprint density at radius 2 is 1.74 bits per heavy atom. The molecule has 1 N–H and O–H groups in total. The van der Waals surface area contributed by atoms with Gasteiger partial charge in [0, 0.05) is 5.39 Å². The molecule has 0 aliphatic carbocycles. The minimum atomic E-state index is -4.40. The van der Waals surface area contributed by atoms with Gasteiger partial charge in [-0.25, -0.2) is 4.79 Å². The summed E-state index contributed by atoms with van der Waals surface area (Å²) in [5.41, 5.74) is 0.330. The number of nitrogens with zero attached hydrogens (tertiary/aromatic N) is 2. The maximum absolute atomic E-state index is 12.6. The van der Waals surface area contributed by atoms with Crippen molar-refractivity contribution in [1.82, 2.24) is 9.78 Å². The van der Waals surface area contributed by atoms with Crippen molar-refractivity contribution >= 4 is 16.9 Å². The summed E-state index contributed by atoms with van der Waals surface area (Å²) in [6.07, 6.45) is -4.40. The van der Waals surface area contributed by atoms with Gasteiger partial charge in [-0.2, -0.15) is 18.3 Å². The van der Waals surface area contributed by atoms with Crippen LogP contribution in [0.5, 0.6) is 0 Å². The van der Waals surface area contributed by atoms with Gasteiger partial charge in [-0.3, -0.25) is 4.68 Å². The molecule has 118 valence electrons. The van der Waals surface area contributed by atoms with Crippen molar-refractivity contribution in [1.29, 1.82) is 0 Å². The molecule has 4 nitrogen and oxygen atoms in total. The first-order valence-electron chi connectivity index (χ1n) is 6.71. The zero-order valence-electron chi connectivity index (χ0n) is 11.7. The van der Waals surface area contributed by atoms with Gasteiger partial charge in [-0.1, -0.05) is 30.3 Å². The normalized spacial score (nSPS) is 11.8. The van der Waals surface area contributed by atoms with Crippen LogP contribution >= 0.6 is 0 Å². The van der Waals surface area contributed by atoms with Crippen LogP contribution in [0.4, 0.5) is 13.2 Å². The zero-order valence-corrected chi connectivity index (χ0v) is 11.7. The Labute approximate surface area is 128 Å². The van der Waals surface area contributed by atoms with Gasteiger partial charge in [0.05, 0.1) is 17.6 Å². The fraction of sp³-hybridized carbons (Fsp3) is 0.125. The van der Waals surface area contributed by atoms with Crippen molar-refractivity contribution < 1.29 is 23.1 Å². The monoisotopic (exact) mass is 320 g/mol. The number of fused-ring (bicyclic) bond motifs is 1. The molecule has 2 aromatic carbocycles. The Morgan fingerprint density at radius 3 is 2.35 bits per heavy atom. The third-order valence-electron chi connectivity index (χ3n) is 3.46. The number of rotatable bonds is 3. The van der Waals surface area contributed by atoms with Gasteiger partial charge in [0.1, 0.15) is 0 Å². The van der Waals surface area contributed by atoms with Crippen molar-refractivity contribution in [2.75, 3.05) is 0 Å². The molecule has 23 heavy (non-hydrogen) atoms.